The molecule has 1 heterocycles. The Kier molecular flexibility index (Phi) is 4.42. The van der Waals surface area contributed by atoms with Crippen LogP contribution in [0.25, 0.3) is 6.08 Å². The van der Waals surface area contributed by atoms with Crippen LogP contribution in [0.4, 0.5) is 5.00 Å². The van der Waals surface area contributed by atoms with Gasteiger partial charge < -0.3 is 5.32 Å². The summed E-state index contributed by atoms with van der Waals surface area (Å²) in [5.41, 5.74) is 0.401. The van der Waals surface area contributed by atoms with Crippen LogP contribution in [0.15, 0.2) is 15.9 Å². The van der Waals surface area contributed by atoms with Crippen LogP contribution in [0.3, 0.4) is 0 Å². The van der Waals surface area contributed by atoms with Gasteiger partial charge in [-0.15, -0.1) is 11.3 Å². The molecule has 0 atom stereocenters. The maximum absolute atomic E-state index is 11.8. The lowest BCUT2D eigenvalue weighted by Gasteiger charge is -2.17. The molecule has 1 amide bonds. The average Bonchev–Trinajstić information content (AvgIpc) is 2.50. The maximum atomic E-state index is 11.8. The minimum Gasteiger partial charge on any atom is -0.317 e. The molecule has 0 aliphatic carbocycles. The molecule has 0 saturated heterocycles. The summed E-state index contributed by atoms with van der Waals surface area (Å²) in [6.45, 7) is 5.58. The average molecular weight is 278 g/mol. The maximum Gasteiger partial charge on any atom is 0.230 e. The number of halogens is 2. The highest BCUT2D eigenvalue weighted by Gasteiger charge is 2.22. The summed E-state index contributed by atoms with van der Waals surface area (Å²) in [4.78, 5) is 11.8. The lowest BCUT2D eigenvalue weighted by Crippen LogP contribution is -2.27. The van der Waals surface area contributed by atoms with Crippen LogP contribution >= 0.6 is 34.5 Å². The smallest absolute Gasteiger partial charge is 0.230 e. The predicted molar refractivity (Wildman–Crippen MR) is 72.1 cm³/mol. The Morgan fingerprint density at radius 1 is 1.44 bits per heavy atom. The highest BCUT2D eigenvalue weighted by molar-refractivity contribution is 7.14. The lowest BCUT2D eigenvalue weighted by atomic mass is 9.96. The molecule has 1 aromatic heterocycles. The minimum absolute atomic E-state index is 0.0321. The molecule has 0 aliphatic heterocycles. The summed E-state index contributed by atoms with van der Waals surface area (Å²) in [5.74, 6) is -0.0321. The standard InChI is InChI=1S/C11H13Cl2NOS/c1-11(2,3)10(15)14-9-7(4-5-16-9)6-8(12)13/h4-6H,1-3H3,(H,14,15). The van der Waals surface area contributed by atoms with Gasteiger partial charge in [-0.2, -0.15) is 0 Å². The third kappa shape index (κ3) is 3.81. The van der Waals surface area contributed by atoms with Gasteiger partial charge in [0.15, 0.2) is 0 Å². The summed E-state index contributed by atoms with van der Waals surface area (Å²) in [6.07, 6.45) is 1.61. The van der Waals surface area contributed by atoms with E-state index in [4.69, 9.17) is 23.2 Å². The van der Waals surface area contributed by atoms with Crippen molar-refractivity contribution >= 4 is 51.5 Å². The molecule has 0 aliphatic rings. The van der Waals surface area contributed by atoms with Crippen molar-refractivity contribution in [1.82, 2.24) is 0 Å². The van der Waals surface area contributed by atoms with E-state index < -0.39 is 5.41 Å². The molecule has 5 heteroatoms. The molecule has 0 radical (unpaired) electrons. The number of hydrogen-bond donors (Lipinski definition) is 1. The topological polar surface area (TPSA) is 29.1 Å². The minimum atomic E-state index is -0.421. The first-order chi connectivity index (χ1) is 7.30. The molecular formula is C11H13Cl2NOS. The van der Waals surface area contributed by atoms with Crippen LogP contribution in [0.1, 0.15) is 26.3 Å². The Balaban J connectivity index is 2.87. The van der Waals surface area contributed by atoms with Gasteiger partial charge in [0.25, 0.3) is 0 Å². The second-order valence-corrected chi connectivity index (χ2v) is 6.27. The quantitative estimate of drug-likeness (QED) is 0.847. The molecule has 0 fully saturated rings. The number of anilines is 1. The number of rotatable bonds is 2. The van der Waals surface area contributed by atoms with E-state index in [1.165, 1.54) is 11.3 Å². The van der Waals surface area contributed by atoms with E-state index in [0.29, 0.717) is 0 Å². The van der Waals surface area contributed by atoms with Crippen LogP contribution < -0.4 is 5.32 Å². The zero-order chi connectivity index (χ0) is 12.3. The zero-order valence-electron chi connectivity index (χ0n) is 9.30. The van der Waals surface area contributed by atoms with Crippen molar-refractivity contribution in [3.05, 3.63) is 21.5 Å². The summed E-state index contributed by atoms with van der Waals surface area (Å²) in [5, 5.41) is 5.49. The van der Waals surface area contributed by atoms with Crippen LogP contribution in [0.2, 0.25) is 0 Å². The molecular weight excluding hydrogens is 265 g/mol. The fourth-order valence-corrected chi connectivity index (χ4v) is 1.94. The van der Waals surface area contributed by atoms with E-state index in [1.54, 1.807) is 6.08 Å². The highest BCUT2D eigenvalue weighted by atomic mass is 35.5. The summed E-state index contributed by atoms with van der Waals surface area (Å²) in [6, 6.07) is 1.85. The van der Waals surface area contributed by atoms with E-state index in [9.17, 15) is 4.79 Å². The lowest BCUT2D eigenvalue weighted by molar-refractivity contribution is -0.123. The molecule has 88 valence electrons. The Morgan fingerprint density at radius 2 is 2.06 bits per heavy atom. The van der Waals surface area contributed by atoms with Crippen LogP contribution in [-0.4, -0.2) is 5.91 Å². The fraction of sp³-hybridized carbons (Fsp3) is 0.364. The summed E-state index contributed by atoms with van der Waals surface area (Å²) in [7, 11) is 0. The van der Waals surface area contributed by atoms with Crippen LogP contribution in [0, 0.1) is 5.41 Å². The van der Waals surface area contributed by atoms with Crippen molar-refractivity contribution in [2.45, 2.75) is 20.8 Å². The van der Waals surface area contributed by atoms with E-state index in [2.05, 4.69) is 5.32 Å². The van der Waals surface area contributed by atoms with Gasteiger partial charge in [-0.25, -0.2) is 0 Å². The third-order valence-electron chi connectivity index (χ3n) is 1.87. The molecule has 0 aromatic carbocycles. The summed E-state index contributed by atoms with van der Waals surface area (Å²) < 4.78 is 0.171. The van der Waals surface area contributed by atoms with Crippen molar-refractivity contribution in [2.24, 2.45) is 5.41 Å². The van der Waals surface area contributed by atoms with Crippen molar-refractivity contribution in [1.29, 1.82) is 0 Å². The van der Waals surface area contributed by atoms with E-state index in [0.717, 1.165) is 10.6 Å². The van der Waals surface area contributed by atoms with Gasteiger partial charge in [-0.1, -0.05) is 44.0 Å². The van der Waals surface area contributed by atoms with Crippen molar-refractivity contribution in [2.75, 3.05) is 5.32 Å². The van der Waals surface area contributed by atoms with E-state index in [1.807, 2.05) is 32.2 Å². The monoisotopic (exact) mass is 277 g/mol. The van der Waals surface area contributed by atoms with Gasteiger partial charge >= 0.3 is 0 Å². The molecule has 0 spiro atoms. The van der Waals surface area contributed by atoms with Gasteiger partial charge in [0.2, 0.25) is 5.91 Å². The molecule has 0 bridgehead atoms. The normalized spacial score (nSPS) is 11.1. The first kappa shape index (κ1) is 13.6. The molecule has 1 N–H and O–H groups in total. The Labute approximate surface area is 109 Å². The second-order valence-electron chi connectivity index (χ2n) is 4.34. The van der Waals surface area contributed by atoms with Crippen molar-refractivity contribution < 1.29 is 4.79 Å². The van der Waals surface area contributed by atoms with E-state index >= 15 is 0 Å². The van der Waals surface area contributed by atoms with Crippen LogP contribution in [-0.2, 0) is 4.79 Å². The number of carbonyl (C=O) groups excluding carboxylic acids is 1. The Bertz CT molecular complexity index is 414. The third-order valence-corrected chi connectivity index (χ3v) is 2.93. The van der Waals surface area contributed by atoms with Crippen molar-refractivity contribution in [3.8, 4) is 0 Å². The van der Waals surface area contributed by atoms with Gasteiger partial charge in [-0.3, -0.25) is 4.79 Å². The molecule has 2 nitrogen and oxygen atoms in total. The second kappa shape index (κ2) is 5.21. The first-order valence-corrected chi connectivity index (χ1v) is 6.36. The summed E-state index contributed by atoms with van der Waals surface area (Å²) >= 11 is 12.6. The molecule has 0 saturated carbocycles. The molecule has 1 aromatic rings. The number of hydrogen-bond acceptors (Lipinski definition) is 2. The number of carbonyl (C=O) groups is 1. The van der Waals surface area contributed by atoms with Crippen LogP contribution in [0.5, 0.6) is 0 Å². The zero-order valence-corrected chi connectivity index (χ0v) is 11.6. The number of nitrogens with one attached hydrogen (secondary N) is 1. The highest BCUT2D eigenvalue weighted by Crippen LogP contribution is 2.28. The Hall–Kier alpha value is -0.510. The van der Waals surface area contributed by atoms with Gasteiger partial charge in [0.1, 0.15) is 9.49 Å². The van der Waals surface area contributed by atoms with Gasteiger partial charge in [-0.05, 0) is 17.5 Å². The first-order valence-electron chi connectivity index (χ1n) is 4.72. The van der Waals surface area contributed by atoms with Crippen molar-refractivity contribution in [3.63, 3.8) is 0 Å². The SMILES string of the molecule is CC(C)(C)C(=O)Nc1sccc1C=C(Cl)Cl. The largest absolute Gasteiger partial charge is 0.317 e. The van der Waals surface area contributed by atoms with Gasteiger partial charge in [0, 0.05) is 11.0 Å². The van der Waals surface area contributed by atoms with Gasteiger partial charge in [0.05, 0.1) is 0 Å². The molecule has 16 heavy (non-hydrogen) atoms. The van der Waals surface area contributed by atoms with E-state index in [-0.39, 0.29) is 10.4 Å². The predicted octanol–water partition coefficient (Wildman–Crippen LogP) is 4.51. The molecule has 0 unspecified atom stereocenters. The number of amides is 1. The Morgan fingerprint density at radius 3 is 2.56 bits per heavy atom. The fourth-order valence-electron chi connectivity index (χ4n) is 0.943. The molecule has 1 rings (SSSR count). The number of thiophene rings is 1.